The van der Waals surface area contributed by atoms with Crippen molar-refractivity contribution in [2.24, 2.45) is 0 Å². The van der Waals surface area contributed by atoms with Crippen LogP contribution in [0.4, 0.5) is 0 Å². The van der Waals surface area contributed by atoms with Gasteiger partial charge in [0.1, 0.15) is 0 Å². The quantitative estimate of drug-likeness (QED) is 0.0678. The Kier molecular flexibility index (Phi) is 20.8. The van der Waals surface area contributed by atoms with Gasteiger partial charge in [-0.25, -0.2) is 11.8 Å². The fraction of sp³-hybridized carbons (Fsp3) is 0.120. The molecular formula is C50H42Au2P2. The molecule has 0 aliphatic carbocycles. The van der Waals surface area contributed by atoms with Crippen LogP contribution in [0.15, 0.2) is 146 Å². The fourth-order valence-electron chi connectivity index (χ4n) is 5.18. The molecular weight excluding hydrogens is 1060 g/mol. The monoisotopic (exact) mass is 1100 g/mol. The van der Waals surface area contributed by atoms with Gasteiger partial charge in [-0.15, -0.1) is 11.8 Å². The molecule has 6 aromatic rings. The van der Waals surface area contributed by atoms with E-state index in [-0.39, 0.29) is 44.8 Å². The van der Waals surface area contributed by atoms with Gasteiger partial charge < -0.3 is 12.8 Å². The van der Waals surface area contributed by atoms with Crippen LogP contribution < -0.4 is 31.8 Å². The van der Waals surface area contributed by atoms with Crippen LogP contribution in [-0.4, -0.2) is 0 Å². The maximum Gasteiger partial charge on any atom is 1.00 e. The molecule has 54 heavy (non-hydrogen) atoms. The Morgan fingerprint density at radius 1 is 0.278 bits per heavy atom. The number of hydrogen-bond donors (Lipinski definition) is 0. The first kappa shape index (κ1) is 46.1. The second kappa shape index (κ2) is 24.3. The van der Waals surface area contributed by atoms with E-state index >= 15 is 0 Å². The number of rotatable bonds is 6. The van der Waals surface area contributed by atoms with Crippen LogP contribution in [0.3, 0.4) is 0 Å². The van der Waals surface area contributed by atoms with Crippen molar-refractivity contribution in [1.82, 2.24) is 0 Å². The molecule has 0 spiro atoms. The first-order chi connectivity index (χ1) is 25.2. The van der Waals surface area contributed by atoms with Crippen LogP contribution in [-0.2, 0) is 44.8 Å². The maximum absolute atomic E-state index is 6.28. The van der Waals surface area contributed by atoms with E-state index in [1.807, 2.05) is 11.8 Å². The van der Waals surface area contributed by atoms with Crippen LogP contribution in [0, 0.1) is 89.9 Å². The summed E-state index contributed by atoms with van der Waals surface area (Å²) in [4.78, 5) is 0. The molecule has 4 heteroatoms. The van der Waals surface area contributed by atoms with Gasteiger partial charge in [0.2, 0.25) is 0 Å². The molecule has 0 aliphatic rings. The molecule has 0 unspecified atom stereocenters. The summed E-state index contributed by atoms with van der Waals surface area (Å²) in [7, 11) is -0.966. The van der Waals surface area contributed by atoms with E-state index in [4.69, 9.17) is 12.8 Å². The average molecular weight is 1100 g/mol. The molecule has 0 N–H and O–H groups in total. The van der Waals surface area contributed by atoms with Gasteiger partial charge in [0.15, 0.2) is 0 Å². The molecule has 0 atom stereocenters. The average Bonchev–Trinajstić information content (AvgIpc) is 3.16. The second-order valence-corrected chi connectivity index (χ2v) is 16.9. The van der Waals surface area contributed by atoms with Gasteiger partial charge in [-0.05, 0) is 89.2 Å². The Balaban J connectivity index is 0.000000303. The van der Waals surface area contributed by atoms with Gasteiger partial charge in [0.25, 0.3) is 0 Å². The van der Waals surface area contributed by atoms with E-state index in [1.165, 1.54) is 65.2 Å². The van der Waals surface area contributed by atoms with Crippen molar-refractivity contribution in [2.75, 3.05) is 0 Å². The Hall–Kier alpha value is -4.10. The fourth-order valence-corrected chi connectivity index (χ4v) is 9.65. The summed E-state index contributed by atoms with van der Waals surface area (Å²) in [6, 6.07) is 53.9. The zero-order chi connectivity index (χ0) is 37.3. The first-order valence-corrected chi connectivity index (χ1v) is 19.7. The molecule has 0 radical (unpaired) electrons. The van der Waals surface area contributed by atoms with Crippen LogP contribution in [0.25, 0.3) is 0 Å². The summed E-state index contributed by atoms with van der Waals surface area (Å²) in [5.41, 5.74) is 7.87. The molecule has 6 rings (SSSR count). The van der Waals surface area contributed by atoms with E-state index in [1.54, 1.807) is 0 Å². The molecule has 0 aliphatic heterocycles. The number of hydrogen-bond acceptors (Lipinski definition) is 0. The number of aryl methyl sites for hydroxylation is 6. The van der Waals surface area contributed by atoms with Gasteiger partial charge in [-0.3, -0.25) is 11.8 Å². The summed E-state index contributed by atoms with van der Waals surface area (Å²) >= 11 is 0. The van der Waals surface area contributed by atoms with Crippen LogP contribution in [0.2, 0.25) is 0 Å². The molecule has 274 valence electrons. The Morgan fingerprint density at radius 2 is 0.426 bits per heavy atom. The normalized spacial score (nSPS) is 9.37. The maximum atomic E-state index is 6.28. The summed E-state index contributed by atoms with van der Waals surface area (Å²) in [6.45, 7) is 12.9. The zero-order valence-electron chi connectivity index (χ0n) is 31.4. The van der Waals surface area contributed by atoms with Crippen molar-refractivity contribution in [2.45, 2.75) is 41.5 Å². The molecule has 0 saturated carbocycles. The Bertz CT molecular complexity index is 1850. The number of benzene rings is 6. The molecule has 6 aromatic carbocycles. The molecule has 0 aromatic heterocycles. The summed E-state index contributed by atoms with van der Waals surface area (Å²) < 4.78 is 0. The third-order valence-corrected chi connectivity index (χ3v) is 13.0. The van der Waals surface area contributed by atoms with Crippen molar-refractivity contribution < 1.29 is 44.8 Å². The minimum atomic E-state index is -0.483. The van der Waals surface area contributed by atoms with Crippen LogP contribution >= 0.6 is 15.8 Å². The SMILES string of the molecule is Cc1ccc(P(c2ccc(C)cc2)c2ccc(C)cc2)cc1.Cc1ccc(P(c2ccc(C)cc2)c2ccc(C)cc2)cc1.[Au+].[Au+].[C-]#CC#CC#CC#[C-]. The van der Waals surface area contributed by atoms with Crippen molar-refractivity contribution in [1.29, 1.82) is 0 Å². The van der Waals surface area contributed by atoms with Gasteiger partial charge in [0, 0.05) is 0 Å². The van der Waals surface area contributed by atoms with E-state index < -0.39 is 15.8 Å². The van der Waals surface area contributed by atoms with Crippen LogP contribution in [0.5, 0.6) is 0 Å². The smallest absolute Gasteiger partial charge is 0.358 e. The van der Waals surface area contributed by atoms with Crippen molar-refractivity contribution in [3.63, 3.8) is 0 Å². The molecule has 0 fully saturated rings. The second-order valence-electron chi connectivity index (χ2n) is 12.4. The van der Waals surface area contributed by atoms with Gasteiger partial charge in [-0.2, -0.15) is 0 Å². The summed E-state index contributed by atoms with van der Waals surface area (Å²) in [6.07, 6.45) is 12.6. The molecule has 0 saturated heterocycles. The van der Waals surface area contributed by atoms with Crippen molar-refractivity contribution in [3.8, 4) is 35.5 Å². The summed E-state index contributed by atoms with van der Waals surface area (Å²) in [5, 5.41) is 8.46. The summed E-state index contributed by atoms with van der Waals surface area (Å²) in [5.74, 6) is 12.4. The van der Waals surface area contributed by atoms with Crippen molar-refractivity contribution in [3.05, 3.63) is 192 Å². The van der Waals surface area contributed by atoms with E-state index in [0.717, 1.165) is 0 Å². The van der Waals surface area contributed by atoms with E-state index in [9.17, 15) is 0 Å². The third kappa shape index (κ3) is 14.6. The zero-order valence-corrected chi connectivity index (χ0v) is 37.5. The molecule has 0 bridgehead atoms. The topological polar surface area (TPSA) is 0 Å². The molecule has 0 nitrogen and oxygen atoms in total. The minimum Gasteiger partial charge on any atom is -0.358 e. The minimum absolute atomic E-state index is 0. The Morgan fingerprint density at radius 3 is 0.556 bits per heavy atom. The Labute approximate surface area is 358 Å². The van der Waals surface area contributed by atoms with Gasteiger partial charge in [-0.1, -0.05) is 179 Å². The first-order valence-electron chi connectivity index (χ1n) is 17.0. The largest absolute Gasteiger partial charge is 1.00 e. The molecule has 0 heterocycles. The molecule has 0 amide bonds. The van der Waals surface area contributed by atoms with Gasteiger partial charge in [0.05, 0.1) is 0 Å². The van der Waals surface area contributed by atoms with E-state index in [0.29, 0.717) is 0 Å². The van der Waals surface area contributed by atoms with Crippen molar-refractivity contribution >= 4 is 47.7 Å². The van der Waals surface area contributed by atoms with Gasteiger partial charge >= 0.3 is 44.8 Å². The van der Waals surface area contributed by atoms with Crippen LogP contribution in [0.1, 0.15) is 33.4 Å². The van der Waals surface area contributed by atoms with E-state index in [2.05, 4.69) is 211 Å². The predicted octanol–water partition coefficient (Wildman–Crippen LogP) is 8.91. The predicted molar refractivity (Wildman–Crippen MR) is 229 cm³/mol. The standard InChI is InChI=1S/2C21H21P.C8.2Au/c2*1-16-4-10-19(11-5-16)22(20-12-6-17(2)7-13-20)21-14-8-18(3)9-15-21;1-3-5-7-8-6-4-2;;/h2*4-15H,1-3H3;;;/q;;-2;2*+1. The third-order valence-electron chi connectivity index (χ3n) is 8.07.